The average molecular weight is 346 g/mol. The summed E-state index contributed by atoms with van der Waals surface area (Å²) in [5.74, 6) is 0.123. The van der Waals surface area contributed by atoms with Crippen molar-refractivity contribution < 1.29 is 17.2 Å². The quantitative estimate of drug-likeness (QED) is 0.778. The number of sulfonamides is 1. The van der Waals surface area contributed by atoms with Crippen LogP contribution in [-0.2, 0) is 10.0 Å². The molecule has 0 atom stereocenters. The number of aryl methyl sites for hydroxylation is 2. The lowest BCUT2D eigenvalue weighted by atomic mass is 10.2. The van der Waals surface area contributed by atoms with Crippen LogP contribution >= 0.6 is 0 Å². The molecule has 0 aliphatic heterocycles. The maximum Gasteiger partial charge on any atom is 0.261 e. The summed E-state index contributed by atoms with van der Waals surface area (Å²) in [6.45, 7) is 3.37. The van der Waals surface area contributed by atoms with Crippen molar-refractivity contribution in [3.63, 3.8) is 0 Å². The van der Waals surface area contributed by atoms with Crippen LogP contribution in [0.1, 0.15) is 11.5 Å². The summed E-state index contributed by atoms with van der Waals surface area (Å²) in [4.78, 5) is 4.30. The Bertz CT molecular complexity index is 979. The second-order valence-electron chi connectivity index (χ2n) is 5.34. The van der Waals surface area contributed by atoms with Crippen LogP contribution in [0.2, 0.25) is 0 Å². The van der Waals surface area contributed by atoms with Gasteiger partial charge in [-0.1, -0.05) is 12.1 Å². The van der Waals surface area contributed by atoms with Crippen LogP contribution in [-0.4, -0.2) is 13.4 Å². The van der Waals surface area contributed by atoms with Crippen molar-refractivity contribution in [3.8, 4) is 11.3 Å². The van der Waals surface area contributed by atoms with E-state index in [1.807, 2.05) is 0 Å². The number of benzene rings is 2. The molecule has 24 heavy (non-hydrogen) atoms. The third-order valence-corrected chi connectivity index (χ3v) is 4.89. The third kappa shape index (κ3) is 3.30. The normalized spacial score (nSPS) is 11.5. The third-order valence-electron chi connectivity index (χ3n) is 3.51. The highest BCUT2D eigenvalue weighted by Crippen LogP contribution is 2.23. The number of hydrogen-bond donors (Lipinski definition) is 1. The van der Waals surface area contributed by atoms with Crippen molar-refractivity contribution in [3.05, 3.63) is 66.0 Å². The minimum atomic E-state index is -3.76. The van der Waals surface area contributed by atoms with Crippen molar-refractivity contribution in [2.24, 2.45) is 0 Å². The zero-order valence-electron chi connectivity index (χ0n) is 13.1. The molecule has 2 aromatic carbocycles. The minimum absolute atomic E-state index is 0.107. The van der Waals surface area contributed by atoms with Crippen LogP contribution in [0.25, 0.3) is 11.3 Å². The van der Waals surface area contributed by atoms with Crippen LogP contribution in [0.4, 0.5) is 10.1 Å². The molecule has 3 aromatic rings. The number of nitrogens with zero attached hydrogens (tertiary/aromatic N) is 1. The Kier molecular flexibility index (Phi) is 4.11. The fraction of sp³-hybridized carbons (Fsp3) is 0.118. The monoisotopic (exact) mass is 346 g/mol. The van der Waals surface area contributed by atoms with Gasteiger partial charge in [0.2, 0.25) is 0 Å². The van der Waals surface area contributed by atoms with Crippen LogP contribution in [0.3, 0.4) is 0 Å². The molecule has 0 radical (unpaired) electrons. The van der Waals surface area contributed by atoms with Crippen LogP contribution in [0.5, 0.6) is 0 Å². The van der Waals surface area contributed by atoms with Gasteiger partial charge in [-0.3, -0.25) is 4.72 Å². The average Bonchev–Trinajstić information content (AvgIpc) is 2.97. The largest absolute Gasteiger partial charge is 0.449 e. The van der Waals surface area contributed by atoms with Crippen molar-refractivity contribution in [2.75, 3.05) is 4.72 Å². The lowest BCUT2D eigenvalue weighted by Crippen LogP contribution is -2.13. The van der Waals surface area contributed by atoms with Crippen LogP contribution in [0, 0.1) is 19.7 Å². The molecule has 7 heteroatoms. The van der Waals surface area contributed by atoms with E-state index in [1.54, 1.807) is 26.0 Å². The molecule has 3 rings (SSSR count). The van der Waals surface area contributed by atoms with Crippen molar-refractivity contribution >= 4 is 15.7 Å². The SMILES string of the molecule is Cc1nc(-c2ccc(S(=O)(=O)Nc3ccc(F)cc3C)cc2)co1. The second kappa shape index (κ2) is 6.09. The Hall–Kier alpha value is -2.67. The summed E-state index contributed by atoms with van der Waals surface area (Å²) in [7, 11) is -3.76. The van der Waals surface area contributed by atoms with Crippen molar-refractivity contribution in [1.29, 1.82) is 0 Å². The highest BCUT2D eigenvalue weighted by Gasteiger charge is 2.16. The molecule has 5 nitrogen and oxygen atoms in total. The lowest BCUT2D eigenvalue weighted by molar-refractivity contribution is 0.521. The molecule has 0 fully saturated rings. The number of aromatic nitrogens is 1. The summed E-state index contributed by atoms with van der Waals surface area (Å²) in [6.07, 6.45) is 1.51. The molecule has 1 aromatic heterocycles. The number of rotatable bonds is 4. The van der Waals surface area contributed by atoms with Gasteiger partial charge >= 0.3 is 0 Å². The number of nitrogens with one attached hydrogen (secondary N) is 1. The predicted molar refractivity (Wildman–Crippen MR) is 88.6 cm³/mol. The molecule has 0 amide bonds. The Balaban J connectivity index is 1.87. The molecule has 124 valence electrons. The topological polar surface area (TPSA) is 72.2 Å². The first-order chi connectivity index (χ1) is 11.3. The molecular formula is C17H15FN2O3S. The standard InChI is InChI=1S/C17H15FN2O3S/c1-11-9-14(18)5-8-16(11)20-24(21,22)15-6-3-13(4-7-15)17-10-23-12(2)19-17/h3-10,20H,1-2H3. The van der Waals surface area contributed by atoms with E-state index in [0.29, 0.717) is 22.8 Å². The predicted octanol–water partition coefficient (Wildman–Crippen LogP) is 3.90. The van der Waals surface area contributed by atoms with Gasteiger partial charge in [-0.25, -0.2) is 17.8 Å². The van der Waals surface area contributed by atoms with E-state index >= 15 is 0 Å². The highest BCUT2D eigenvalue weighted by molar-refractivity contribution is 7.92. The molecule has 0 saturated heterocycles. The molecule has 0 saturated carbocycles. The highest BCUT2D eigenvalue weighted by atomic mass is 32.2. The molecule has 0 spiro atoms. The number of oxazole rings is 1. The van der Waals surface area contributed by atoms with Gasteiger partial charge in [0, 0.05) is 12.5 Å². The van der Waals surface area contributed by atoms with Crippen LogP contribution < -0.4 is 4.72 Å². The summed E-state index contributed by atoms with van der Waals surface area (Å²) in [5, 5.41) is 0. The first kappa shape index (κ1) is 16.2. The van der Waals surface area contributed by atoms with E-state index in [-0.39, 0.29) is 4.90 Å². The van der Waals surface area contributed by atoms with Gasteiger partial charge < -0.3 is 4.42 Å². The van der Waals surface area contributed by atoms with Crippen molar-refractivity contribution in [1.82, 2.24) is 4.98 Å². The Morgan fingerprint density at radius 2 is 1.79 bits per heavy atom. The van der Waals surface area contributed by atoms with Gasteiger partial charge in [0.25, 0.3) is 10.0 Å². The smallest absolute Gasteiger partial charge is 0.261 e. The Morgan fingerprint density at radius 3 is 2.38 bits per heavy atom. The zero-order chi connectivity index (χ0) is 17.3. The van der Waals surface area contributed by atoms with Gasteiger partial charge in [0.05, 0.1) is 10.6 Å². The maximum absolute atomic E-state index is 13.1. The van der Waals surface area contributed by atoms with Crippen LogP contribution in [0.15, 0.2) is 58.0 Å². The lowest BCUT2D eigenvalue weighted by Gasteiger charge is -2.11. The number of hydrogen-bond acceptors (Lipinski definition) is 4. The summed E-state index contributed by atoms with van der Waals surface area (Å²) >= 11 is 0. The summed E-state index contributed by atoms with van der Waals surface area (Å²) < 4.78 is 45.6. The minimum Gasteiger partial charge on any atom is -0.449 e. The Morgan fingerprint density at radius 1 is 1.08 bits per heavy atom. The van der Waals surface area contributed by atoms with E-state index in [1.165, 1.54) is 36.6 Å². The summed E-state index contributed by atoms with van der Waals surface area (Å²) in [5.41, 5.74) is 2.24. The van der Waals surface area contributed by atoms with Gasteiger partial charge in [-0.05, 0) is 42.8 Å². The molecule has 0 aliphatic rings. The fourth-order valence-corrected chi connectivity index (χ4v) is 3.38. The van der Waals surface area contributed by atoms with E-state index < -0.39 is 15.8 Å². The van der Waals surface area contributed by atoms with Gasteiger partial charge in [-0.2, -0.15) is 0 Å². The molecule has 1 N–H and O–H groups in total. The first-order valence-corrected chi connectivity index (χ1v) is 8.65. The van der Waals surface area contributed by atoms with E-state index in [4.69, 9.17) is 4.42 Å². The fourth-order valence-electron chi connectivity index (χ4n) is 2.25. The number of anilines is 1. The molecule has 0 unspecified atom stereocenters. The molecule has 0 aliphatic carbocycles. The zero-order valence-corrected chi connectivity index (χ0v) is 13.9. The first-order valence-electron chi connectivity index (χ1n) is 7.17. The van der Waals surface area contributed by atoms with Gasteiger partial charge in [-0.15, -0.1) is 0 Å². The van der Waals surface area contributed by atoms with E-state index in [9.17, 15) is 12.8 Å². The van der Waals surface area contributed by atoms with Gasteiger partial charge in [0.1, 0.15) is 17.8 Å². The maximum atomic E-state index is 13.1. The van der Waals surface area contributed by atoms with E-state index in [0.717, 1.165) is 5.56 Å². The van der Waals surface area contributed by atoms with Crippen molar-refractivity contribution in [2.45, 2.75) is 18.7 Å². The molecular weight excluding hydrogens is 331 g/mol. The molecule has 0 bridgehead atoms. The number of halogens is 1. The second-order valence-corrected chi connectivity index (χ2v) is 7.02. The Labute approximate surface area is 139 Å². The van der Waals surface area contributed by atoms with E-state index in [2.05, 4.69) is 9.71 Å². The molecule has 1 heterocycles. The van der Waals surface area contributed by atoms with Gasteiger partial charge in [0.15, 0.2) is 5.89 Å². The summed E-state index contributed by atoms with van der Waals surface area (Å²) in [6, 6.07) is 10.2.